The first-order valence-electron chi connectivity index (χ1n) is 50.5. The third-order valence-electron chi connectivity index (χ3n) is 17.6. The fraction of sp³-hybridized carbons (Fsp3) is 0.308. The second-order valence-corrected chi connectivity index (χ2v) is 25.3. The molecule has 12 heterocycles. The van der Waals surface area contributed by atoms with Crippen LogP contribution in [0.25, 0.3) is 0 Å². The van der Waals surface area contributed by atoms with Gasteiger partial charge in [-0.2, -0.15) is 0 Å². The minimum absolute atomic E-state index is 0.0717. The standard InChI is InChI=1S/6C13H12FN3O3/c6*14-6-3-7-8(9(15)4-6)5-17(13(7)20)10-1-2-11(18)16-12(10)19/h6*3-4,10H,1-2,5,15H2,(H,16,18,19)/t6*10-/m111000/s1/i1D2,2D2,3D,4D,10D;1D2,3D,4D,10D;1D2,5D2,10D;1D2,2D2,3D,4D,10D;1D2,3D,4D,10D;1D2,5D2,10D. The molecule has 6 aromatic carbocycles. The van der Waals surface area contributed by atoms with Crippen LogP contribution in [0, 0.1) is 34.9 Å². The van der Waals surface area contributed by atoms with Crippen LogP contribution in [-0.2, 0) is 96.7 Å². The molecule has 6 aromatic rings. The number of carbonyl (C=O) groups is 18. The van der Waals surface area contributed by atoms with Gasteiger partial charge in [0.2, 0.25) is 70.9 Å². The van der Waals surface area contributed by atoms with Gasteiger partial charge in [-0.25, -0.2) is 26.3 Å². The molecule has 0 saturated carbocycles. The molecule has 12 aliphatic heterocycles. The lowest BCUT2D eigenvalue weighted by molar-refractivity contribution is -0.138. The van der Waals surface area contributed by atoms with E-state index in [1.165, 1.54) is 10.6 Å². The van der Waals surface area contributed by atoms with Crippen LogP contribution in [0.1, 0.15) is 219 Å². The molecule has 18 N–H and O–H groups in total. The smallest absolute Gasteiger partial charge is 0.255 e. The predicted octanol–water partition coefficient (Wildman–Crippen LogP) is 1.01. The van der Waals surface area contributed by atoms with Gasteiger partial charge in [0.25, 0.3) is 35.4 Å². The summed E-state index contributed by atoms with van der Waals surface area (Å²) in [5.41, 5.74) is 26.0. The summed E-state index contributed by atoms with van der Waals surface area (Å²) in [5, 5.41) is 10.2. The zero-order chi connectivity index (χ0) is 117. The molecule has 6 saturated heterocycles. The van der Waals surface area contributed by atoms with Crippen molar-refractivity contribution >= 4 is 140 Å². The predicted molar refractivity (Wildman–Crippen MR) is 401 cm³/mol. The van der Waals surface area contributed by atoms with E-state index in [-0.39, 0.29) is 41.9 Å². The number of fused-ring (bicyclic) bond motifs is 6. The average Bonchev–Trinajstić information content (AvgIpc) is 1.64. The number of nitrogens with two attached hydrogens (primary N) is 6. The van der Waals surface area contributed by atoms with Gasteiger partial charge in [0, 0.05) is 200 Å². The summed E-state index contributed by atoms with van der Waals surface area (Å²) >= 11 is 0. The summed E-state index contributed by atoms with van der Waals surface area (Å²) in [7, 11) is 0. The number of amides is 18. The quantitative estimate of drug-likeness (QED) is 0.0629. The van der Waals surface area contributed by atoms with Crippen molar-refractivity contribution in [3.05, 3.63) is 174 Å². The van der Waals surface area contributed by atoms with E-state index in [1.54, 1.807) is 10.6 Å². The maximum Gasteiger partial charge on any atom is 0.255 e. The van der Waals surface area contributed by atoms with Crippen molar-refractivity contribution < 1.29 is 159 Å². The molecule has 0 aliphatic carbocycles. The number of hydrogen-bond acceptors (Lipinski definition) is 24. The maximum atomic E-state index is 14.0. The number of nitrogens with zero attached hydrogens (tertiary/aromatic N) is 6. The van der Waals surface area contributed by atoms with Gasteiger partial charge in [0.15, 0.2) is 0 Å². The third-order valence-corrected chi connectivity index (χ3v) is 17.6. The number of nitrogen functional groups attached to an aromatic ring is 6. The molecule has 12 aliphatic rings. The van der Waals surface area contributed by atoms with Crippen molar-refractivity contribution in [1.29, 1.82) is 0 Å². The molecule has 0 radical (unpaired) electrons. The van der Waals surface area contributed by atoms with Crippen molar-refractivity contribution in [3.63, 3.8) is 0 Å². The van der Waals surface area contributed by atoms with Crippen LogP contribution in [0.5, 0.6) is 0 Å². The van der Waals surface area contributed by atoms with E-state index >= 15 is 0 Å². The summed E-state index contributed by atoms with van der Waals surface area (Å²) in [5.74, 6) is -30.6. The zero-order valence-electron chi connectivity index (χ0n) is 93.7. The van der Waals surface area contributed by atoms with Crippen LogP contribution in [0.15, 0.2) is 72.6 Å². The van der Waals surface area contributed by atoms with Crippen LogP contribution >= 0.6 is 0 Å². The molecular weight excluding hydrogens is 1590 g/mol. The van der Waals surface area contributed by atoms with Crippen LogP contribution in [0.3, 0.4) is 0 Å². The number of benzene rings is 6. The molecule has 42 heteroatoms. The van der Waals surface area contributed by atoms with Gasteiger partial charge in [0.05, 0.1) is 24.7 Å². The Bertz CT molecular complexity index is 7070. The molecule has 6 fully saturated rings. The van der Waals surface area contributed by atoms with E-state index in [9.17, 15) is 113 Å². The number of piperidine rings is 6. The molecule has 0 unspecified atom stereocenters. The number of imide groups is 6. The molecule has 624 valence electrons. The van der Waals surface area contributed by atoms with Crippen molar-refractivity contribution in [2.75, 3.05) is 34.4 Å². The normalized spacial score (nSPS) is 34.0. The van der Waals surface area contributed by atoms with E-state index in [2.05, 4.69) is 0 Å². The van der Waals surface area contributed by atoms with Crippen LogP contribution < -0.4 is 66.3 Å². The highest BCUT2D eigenvalue weighted by molar-refractivity contribution is 6.12. The Balaban J connectivity index is 0.000000153. The molecule has 120 heavy (non-hydrogen) atoms. The van der Waals surface area contributed by atoms with Crippen molar-refractivity contribution in [1.82, 2.24) is 61.3 Å². The number of carbonyl (C=O) groups excluding carboxylic acids is 18. The van der Waals surface area contributed by atoms with E-state index in [0.29, 0.717) is 21.9 Å². The van der Waals surface area contributed by atoms with Crippen LogP contribution in [0.2, 0.25) is 0 Å². The first-order chi connectivity index (χ1) is 69.9. The number of anilines is 6. The van der Waals surface area contributed by atoms with Crippen LogP contribution in [0.4, 0.5) is 60.5 Å². The number of halogens is 6. The largest absolute Gasteiger partial charge is 0.398 e. The number of rotatable bonds is 6. The van der Waals surface area contributed by atoms with E-state index in [0.717, 1.165) is 12.1 Å². The summed E-state index contributed by atoms with van der Waals surface area (Å²) in [6.45, 7) is -8.31. The van der Waals surface area contributed by atoms with E-state index in [1.807, 2.05) is 10.6 Å². The maximum absolute atomic E-state index is 14.0. The second kappa shape index (κ2) is 33.2. The zero-order valence-corrected chi connectivity index (χ0v) is 59.7. The Morgan fingerprint density at radius 1 is 0.275 bits per heavy atom. The van der Waals surface area contributed by atoms with Gasteiger partial charge >= 0.3 is 0 Å². The lowest BCUT2D eigenvalue weighted by atomic mass is 10.0. The molecule has 18 rings (SSSR count). The molecule has 0 bridgehead atoms. The molecular formula is C78H72F6N18O18. The van der Waals surface area contributed by atoms with E-state index in [4.69, 9.17) is 81.0 Å². The fourth-order valence-electron chi connectivity index (χ4n) is 12.3. The lowest BCUT2D eigenvalue weighted by Gasteiger charge is -2.29. The fourth-order valence-corrected chi connectivity index (χ4v) is 12.3. The Morgan fingerprint density at radius 3 is 0.742 bits per heavy atom. The molecule has 0 spiro atoms. The van der Waals surface area contributed by atoms with Crippen molar-refractivity contribution in [3.8, 4) is 0 Å². The molecule has 0 aromatic heterocycles. The summed E-state index contributed by atoms with van der Waals surface area (Å²) < 4.78 is 352. The van der Waals surface area contributed by atoms with Gasteiger partial charge in [-0.3, -0.25) is 118 Å². The second-order valence-electron chi connectivity index (χ2n) is 25.3. The van der Waals surface area contributed by atoms with Gasteiger partial charge in [-0.05, 0) is 111 Å². The number of hydrogen-bond donors (Lipinski definition) is 12. The molecule has 6 atom stereocenters. The van der Waals surface area contributed by atoms with E-state index < -0.39 is 420 Å². The van der Waals surface area contributed by atoms with Crippen LogP contribution in [-0.4, -0.2) is 172 Å². The highest BCUT2D eigenvalue weighted by Crippen LogP contribution is 2.39. The highest BCUT2D eigenvalue weighted by Gasteiger charge is 2.47. The Kier molecular flexibility index (Phi) is 13.8. The van der Waals surface area contributed by atoms with Crippen molar-refractivity contribution in [2.45, 2.75) is 152 Å². The molecule has 18 amide bonds. The van der Waals surface area contributed by atoms with Gasteiger partial charge < -0.3 is 63.8 Å². The Morgan fingerprint density at radius 2 is 0.492 bits per heavy atom. The van der Waals surface area contributed by atoms with Crippen molar-refractivity contribution in [2.24, 2.45) is 0 Å². The SMILES string of the molecule is [2H]C1([2H])c2c(N)cc(F)cc2C(=O)N1[C@@]1([2H])C(=O)NC(=O)CC1([2H])[2H].[2H]C1([2H])c2c(N)cc(F)cc2C(=O)N1[C@]1([2H])C(=O)NC(=O)CC1([2H])[2H].[2H]c1c(N)c2c(c([2H])c1F)C(=O)N([C@@]1([2H])C(=O)NC(=O)C([2H])([2H])C1([2H])[2H])C2.[2H]c1c(N)c2c(c([2H])c1F)C(=O)N([C@@]1([2H])C(=O)NC(=O)CC1([2H])[2H])C2.[2H]c1c(N)c2c(c([2H])c1F)C(=O)N([C@]1([2H])C(=O)NC(=O)C([2H])([2H])C1([2H])[2H])C2.[2H]c1c(N)c2c(c([2H])c1F)C(=O)N([C@]1([2H])C(=O)NC(=O)CC1([2H])[2H])C2. The first-order valence-corrected chi connectivity index (χ1v) is 33.5. The van der Waals surface area contributed by atoms with Gasteiger partial charge in [0.1, 0.15) is 71.0 Å². The molecule has 36 nitrogen and oxygen atoms in total. The first kappa shape index (κ1) is 50.1. The lowest BCUT2D eigenvalue weighted by Crippen LogP contribution is -2.52. The Labute approximate surface area is 721 Å². The monoisotopic (exact) mass is 1700 g/mol. The third kappa shape index (κ3) is 16.6. The minimum Gasteiger partial charge on any atom is -0.398 e. The highest BCUT2D eigenvalue weighted by atomic mass is 19.1. The minimum atomic E-state index is -3.49. The topological polar surface area (TPSA) is 555 Å². The average molecular weight is 1700 g/mol. The summed E-state index contributed by atoms with van der Waals surface area (Å²) in [6, 6.07) is -22.5. The summed E-state index contributed by atoms with van der Waals surface area (Å²) in [4.78, 5) is 220. The summed E-state index contributed by atoms with van der Waals surface area (Å²) in [6.07, 6.45) is -28.4. The Hall–Kier alpha value is -14.6. The number of nitrogens with one attached hydrogen (secondary N) is 6. The van der Waals surface area contributed by atoms with Gasteiger partial charge in [-0.1, -0.05) is 0 Å². The van der Waals surface area contributed by atoms with Gasteiger partial charge in [-0.15, -0.1) is 0 Å².